The lowest BCUT2D eigenvalue weighted by molar-refractivity contribution is -0.274. The predicted octanol–water partition coefficient (Wildman–Crippen LogP) is 6.29. The zero-order valence-corrected chi connectivity index (χ0v) is 21.3. The third kappa shape index (κ3) is 7.49. The summed E-state index contributed by atoms with van der Waals surface area (Å²) in [6.07, 6.45) is -3.75. The first-order valence-corrected chi connectivity index (χ1v) is 11.6. The number of ether oxygens (including phenoxy) is 2. The van der Waals surface area contributed by atoms with Crippen LogP contribution in [-0.2, 0) is 20.7 Å². The van der Waals surface area contributed by atoms with Gasteiger partial charge < -0.3 is 24.1 Å². The van der Waals surface area contributed by atoms with Gasteiger partial charge in [-0.15, -0.1) is 13.2 Å². The van der Waals surface area contributed by atoms with Crippen molar-refractivity contribution in [2.45, 2.75) is 51.9 Å². The van der Waals surface area contributed by atoms with Gasteiger partial charge >= 0.3 is 19.6 Å². The lowest BCUT2D eigenvalue weighted by Gasteiger charge is -2.32. The number of nitrogens with one attached hydrogen (secondary N) is 1. The van der Waals surface area contributed by atoms with Crippen LogP contribution in [0.3, 0.4) is 0 Å². The molecule has 0 atom stereocenters. The summed E-state index contributed by atoms with van der Waals surface area (Å²) in [7, 11) is -0.799. The molecule has 0 aliphatic carbocycles. The molecule has 1 N–H and O–H groups in total. The van der Waals surface area contributed by atoms with Gasteiger partial charge in [0, 0.05) is 11.0 Å². The number of alkyl carbamates (subject to hydrolysis) is 1. The quantitative estimate of drug-likeness (QED) is 0.407. The molecule has 6 nitrogen and oxygen atoms in total. The van der Waals surface area contributed by atoms with Crippen LogP contribution >= 0.6 is 15.9 Å². The molecule has 2 aromatic rings. The molecule has 1 aliphatic rings. The van der Waals surface area contributed by atoms with Crippen LogP contribution in [0.25, 0.3) is 6.08 Å². The number of carbonyl (C=O) groups is 1. The molecule has 35 heavy (non-hydrogen) atoms. The van der Waals surface area contributed by atoms with Crippen LogP contribution in [0.15, 0.2) is 58.5 Å². The molecule has 1 heterocycles. The molecule has 0 saturated carbocycles. The first kappa shape index (κ1) is 27.1. The van der Waals surface area contributed by atoms with Gasteiger partial charge in [0.1, 0.15) is 12.4 Å². The van der Waals surface area contributed by atoms with E-state index in [9.17, 15) is 18.0 Å². The van der Waals surface area contributed by atoms with E-state index in [0.29, 0.717) is 15.5 Å². The molecule has 1 saturated heterocycles. The Kier molecular flexibility index (Phi) is 8.23. The number of hydrogen-bond donors (Lipinski definition) is 1. The largest absolute Gasteiger partial charge is 0.573 e. The number of amides is 1. The zero-order chi connectivity index (χ0) is 25.9. The molecule has 1 amide bonds. The molecular formula is C24H26BBrF3NO5. The van der Waals surface area contributed by atoms with Crippen LogP contribution in [0.5, 0.6) is 5.75 Å². The summed E-state index contributed by atoms with van der Waals surface area (Å²) >= 11 is 3.28. The fourth-order valence-electron chi connectivity index (χ4n) is 3.17. The van der Waals surface area contributed by atoms with Crippen LogP contribution in [0, 0.1) is 0 Å². The van der Waals surface area contributed by atoms with Gasteiger partial charge in [-0.25, -0.2) is 4.79 Å². The monoisotopic (exact) mass is 555 g/mol. The van der Waals surface area contributed by atoms with E-state index in [1.807, 2.05) is 58.0 Å². The minimum Gasteiger partial charge on any atom is -0.445 e. The maximum atomic E-state index is 12.5. The van der Waals surface area contributed by atoms with Gasteiger partial charge in [0.05, 0.1) is 11.2 Å². The zero-order valence-electron chi connectivity index (χ0n) is 19.7. The predicted molar refractivity (Wildman–Crippen MR) is 130 cm³/mol. The number of benzene rings is 2. The standard InChI is InChI=1S/C24H26BBrF3NO5/c1-22(2)23(3,4)35-25(34-22)18(14-30-21(31)32-15-16-8-6-5-7-9-16)12-17-10-11-19(13-20(17)26)33-24(27,28)29/h5-13H,14-15H2,1-4H3,(H,30,31). The van der Waals surface area contributed by atoms with Crippen LogP contribution < -0.4 is 10.1 Å². The molecule has 0 radical (unpaired) electrons. The Morgan fingerprint density at radius 3 is 2.29 bits per heavy atom. The van der Waals surface area contributed by atoms with Crippen LogP contribution in [-0.4, -0.2) is 37.3 Å². The molecule has 1 aliphatic heterocycles. The van der Waals surface area contributed by atoms with Gasteiger partial charge in [0.2, 0.25) is 0 Å². The average Bonchev–Trinajstić information content (AvgIpc) is 2.97. The summed E-state index contributed by atoms with van der Waals surface area (Å²) in [4.78, 5) is 12.3. The maximum absolute atomic E-state index is 12.5. The fourth-order valence-corrected chi connectivity index (χ4v) is 3.64. The van der Waals surface area contributed by atoms with Crippen molar-refractivity contribution in [2.24, 2.45) is 0 Å². The SMILES string of the molecule is CC1(C)OB(C(=Cc2ccc(OC(F)(F)F)cc2Br)CNC(=O)OCc2ccccc2)OC1(C)C. The van der Waals surface area contributed by atoms with Gasteiger partial charge in [-0.1, -0.05) is 58.4 Å². The summed E-state index contributed by atoms with van der Waals surface area (Å²) in [5.41, 5.74) is 0.668. The summed E-state index contributed by atoms with van der Waals surface area (Å²) in [5, 5.41) is 2.69. The topological polar surface area (TPSA) is 66.0 Å². The number of halogens is 4. The van der Waals surface area contributed by atoms with Crippen molar-refractivity contribution >= 4 is 35.2 Å². The highest BCUT2D eigenvalue weighted by Crippen LogP contribution is 2.39. The number of rotatable bonds is 7. The van der Waals surface area contributed by atoms with Crippen LogP contribution in [0.1, 0.15) is 38.8 Å². The molecule has 188 valence electrons. The number of alkyl halides is 3. The van der Waals surface area contributed by atoms with Gasteiger partial charge in [-0.05, 0) is 56.4 Å². The van der Waals surface area contributed by atoms with E-state index in [2.05, 4.69) is 26.0 Å². The van der Waals surface area contributed by atoms with E-state index >= 15 is 0 Å². The van der Waals surface area contributed by atoms with E-state index in [1.165, 1.54) is 18.2 Å². The van der Waals surface area contributed by atoms with E-state index in [4.69, 9.17) is 14.0 Å². The van der Waals surface area contributed by atoms with Crippen molar-refractivity contribution in [2.75, 3.05) is 6.54 Å². The molecule has 11 heteroatoms. The molecule has 0 spiro atoms. The normalized spacial score (nSPS) is 17.3. The minimum absolute atomic E-state index is 0.0255. The van der Waals surface area contributed by atoms with Crippen LogP contribution in [0.2, 0.25) is 0 Å². The molecular weight excluding hydrogens is 530 g/mol. The van der Waals surface area contributed by atoms with Crippen molar-refractivity contribution in [3.63, 3.8) is 0 Å². The number of carbonyl (C=O) groups excluding carboxylic acids is 1. The third-order valence-electron chi connectivity index (χ3n) is 5.75. The second kappa shape index (κ2) is 10.6. The van der Waals surface area contributed by atoms with E-state index in [-0.39, 0.29) is 18.9 Å². The number of hydrogen-bond acceptors (Lipinski definition) is 5. The van der Waals surface area contributed by atoms with Crippen molar-refractivity contribution in [1.82, 2.24) is 5.32 Å². The highest BCUT2D eigenvalue weighted by Gasteiger charge is 2.52. The van der Waals surface area contributed by atoms with E-state index in [1.54, 1.807) is 6.08 Å². The summed E-state index contributed by atoms with van der Waals surface area (Å²) < 4.78 is 59.5. The van der Waals surface area contributed by atoms with Gasteiger partial charge in [0.15, 0.2) is 0 Å². The Labute approximate surface area is 211 Å². The maximum Gasteiger partial charge on any atom is 0.573 e. The second-order valence-electron chi connectivity index (χ2n) is 8.95. The lowest BCUT2D eigenvalue weighted by Crippen LogP contribution is -2.41. The minimum atomic E-state index is -4.80. The summed E-state index contributed by atoms with van der Waals surface area (Å²) in [6, 6.07) is 13.1. The Balaban J connectivity index is 1.78. The van der Waals surface area contributed by atoms with Crippen molar-refractivity contribution in [3.8, 4) is 5.75 Å². The Morgan fingerprint density at radius 1 is 1.09 bits per heavy atom. The second-order valence-corrected chi connectivity index (χ2v) is 9.81. The first-order chi connectivity index (χ1) is 16.3. The highest BCUT2D eigenvalue weighted by molar-refractivity contribution is 9.10. The Hall–Kier alpha value is -2.50. The summed E-state index contributed by atoms with van der Waals surface area (Å²) in [5.74, 6) is -0.360. The third-order valence-corrected chi connectivity index (χ3v) is 6.44. The molecule has 0 aromatic heterocycles. The summed E-state index contributed by atoms with van der Waals surface area (Å²) in [6.45, 7) is 7.71. The van der Waals surface area contributed by atoms with Crippen molar-refractivity contribution in [3.05, 3.63) is 69.6 Å². The van der Waals surface area contributed by atoms with Gasteiger partial charge in [-0.2, -0.15) is 0 Å². The molecule has 3 rings (SSSR count). The first-order valence-electron chi connectivity index (χ1n) is 10.8. The van der Waals surface area contributed by atoms with Gasteiger partial charge in [-0.3, -0.25) is 0 Å². The van der Waals surface area contributed by atoms with Gasteiger partial charge in [0.25, 0.3) is 0 Å². The smallest absolute Gasteiger partial charge is 0.445 e. The Morgan fingerprint density at radius 2 is 1.71 bits per heavy atom. The Bertz CT molecular complexity index is 1060. The van der Waals surface area contributed by atoms with Crippen LogP contribution in [0.4, 0.5) is 18.0 Å². The lowest BCUT2D eigenvalue weighted by atomic mass is 9.77. The molecule has 1 fully saturated rings. The average molecular weight is 556 g/mol. The van der Waals surface area contributed by atoms with Crippen molar-refractivity contribution < 1.29 is 36.7 Å². The van der Waals surface area contributed by atoms with E-state index < -0.39 is 30.8 Å². The molecule has 0 bridgehead atoms. The highest BCUT2D eigenvalue weighted by atomic mass is 79.9. The molecule has 0 unspecified atom stereocenters. The molecule has 2 aromatic carbocycles. The fraction of sp³-hybridized carbons (Fsp3) is 0.375. The van der Waals surface area contributed by atoms with E-state index in [0.717, 1.165) is 5.56 Å². The van der Waals surface area contributed by atoms with Crippen molar-refractivity contribution in [1.29, 1.82) is 0 Å².